The van der Waals surface area contributed by atoms with Gasteiger partial charge in [0.1, 0.15) is 6.07 Å². The van der Waals surface area contributed by atoms with Crippen molar-refractivity contribution < 1.29 is 5.11 Å². The highest BCUT2D eigenvalue weighted by Crippen LogP contribution is 2.27. The Morgan fingerprint density at radius 2 is 2.11 bits per heavy atom. The number of rotatable bonds is 7. The third-order valence-electron chi connectivity index (χ3n) is 2.63. The Hall–Kier alpha value is -1.02. The maximum Gasteiger partial charge on any atom is 0.100 e. The van der Waals surface area contributed by atoms with Crippen LogP contribution < -0.4 is 5.32 Å². The van der Waals surface area contributed by atoms with Crippen molar-refractivity contribution in [3.63, 3.8) is 0 Å². The van der Waals surface area contributed by atoms with Gasteiger partial charge in [-0.25, -0.2) is 0 Å². The topological polar surface area (TPSA) is 56.0 Å². The molecule has 1 aromatic carbocycles. The predicted molar refractivity (Wildman–Crippen MR) is 80.1 cm³/mol. The molecule has 0 saturated heterocycles. The summed E-state index contributed by atoms with van der Waals surface area (Å²) in [4.78, 5) is 0.941. The molecule has 4 heteroatoms. The van der Waals surface area contributed by atoms with Crippen molar-refractivity contribution in [1.82, 2.24) is 5.32 Å². The molecule has 104 valence electrons. The van der Waals surface area contributed by atoms with E-state index in [4.69, 9.17) is 5.11 Å². The van der Waals surface area contributed by atoms with E-state index in [9.17, 15) is 5.26 Å². The van der Waals surface area contributed by atoms with Gasteiger partial charge in [0.15, 0.2) is 0 Å². The second kappa shape index (κ2) is 8.21. The molecule has 0 amide bonds. The van der Waals surface area contributed by atoms with Gasteiger partial charge in [0.2, 0.25) is 0 Å². The summed E-state index contributed by atoms with van der Waals surface area (Å²) in [6.07, 6.45) is 0. The quantitative estimate of drug-likeness (QED) is 0.753. The summed E-state index contributed by atoms with van der Waals surface area (Å²) < 4.78 is 0. The largest absolute Gasteiger partial charge is 0.395 e. The standard InChI is InChI=1S/C15H22N2OS/c1-11(2)8-17-9-13-4-5-15(14(6-13)7-16)19-12(3)10-18/h4-6,11-12,17-18H,8-10H2,1-3H3. The van der Waals surface area contributed by atoms with E-state index >= 15 is 0 Å². The van der Waals surface area contributed by atoms with Gasteiger partial charge in [0.25, 0.3) is 0 Å². The van der Waals surface area contributed by atoms with Crippen LogP contribution in [0.4, 0.5) is 0 Å². The highest BCUT2D eigenvalue weighted by Gasteiger charge is 2.08. The van der Waals surface area contributed by atoms with Crippen LogP contribution in [0.5, 0.6) is 0 Å². The maximum atomic E-state index is 9.20. The van der Waals surface area contributed by atoms with E-state index in [1.165, 1.54) is 11.8 Å². The minimum absolute atomic E-state index is 0.108. The number of aliphatic hydroxyl groups is 1. The van der Waals surface area contributed by atoms with Crippen LogP contribution in [0.3, 0.4) is 0 Å². The molecule has 2 N–H and O–H groups in total. The molecule has 0 saturated carbocycles. The van der Waals surface area contributed by atoms with Crippen molar-refractivity contribution in [1.29, 1.82) is 5.26 Å². The Morgan fingerprint density at radius 3 is 2.68 bits per heavy atom. The van der Waals surface area contributed by atoms with Crippen molar-refractivity contribution in [3.05, 3.63) is 29.3 Å². The number of hydrogen-bond acceptors (Lipinski definition) is 4. The minimum Gasteiger partial charge on any atom is -0.395 e. The van der Waals surface area contributed by atoms with E-state index in [-0.39, 0.29) is 11.9 Å². The summed E-state index contributed by atoms with van der Waals surface area (Å²) in [5.74, 6) is 0.621. The first-order valence-electron chi connectivity index (χ1n) is 6.58. The number of hydrogen-bond donors (Lipinski definition) is 2. The van der Waals surface area contributed by atoms with Crippen LogP contribution in [-0.4, -0.2) is 23.5 Å². The lowest BCUT2D eigenvalue weighted by atomic mass is 10.1. The van der Waals surface area contributed by atoms with E-state index < -0.39 is 0 Å². The highest BCUT2D eigenvalue weighted by atomic mass is 32.2. The Balaban J connectivity index is 2.70. The Morgan fingerprint density at radius 1 is 1.37 bits per heavy atom. The van der Waals surface area contributed by atoms with Gasteiger partial charge in [0.05, 0.1) is 12.2 Å². The molecule has 0 aromatic heterocycles. The fourth-order valence-electron chi connectivity index (χ4n) is 1.64. The van der Waals surface area contributed by atoms with Gasteiger partial charge in [-0.05, 0) is 30.2 Å². The van der Waals surface area contributed by atoms with Crippen molar-refractivity contribution in [2.75, 3.05) is 13.2 Å². The van der Waals surface area contributed by atoms with Gasteiger partial charge in [-0.15, -0.1) is 11.8 Å². The van der Waals surface area contributed by atoms with Crippen molar-refractivity contribution >= 4 is 11.8 Å². The molecule has 0 radical (unpaired) electrons. The first-order valence-corrected chi connectivity index (χ1v) is 7.46. The zero-order chi connectivity index (χ0) is 14.3. The summed E-state index contributed by atoms with van der Waals surface area (Å²) in [5.41, 5.74) is 1.81. The van der Waals surface area contributed by atoms with Gasteiger partial charge in [-0.3, -0.25) is 0 Å². The molecule has 0 aliphatic rings. The van der Waals surface area contributed by atoms with Crippen LogP contribution in [0.1, 0.15) is 31.9 Å². The number of nitrogens with one attached hydrogen (secondary N) is 1. The number of nitrogens with zero attached hydrogens (tertiary/aromatic N) is 1. The van der Waals surface area contributed by atoms with E-state index in [1.807, 2.05) is 25.1 Å². The van der Waals surface area contributed by atoms with Crippen LogP contribution in [0.15, 0.2) is 23.1 Å². The average molecular weight is 278 g/mol. The second-order valence-electron chi connectivity index (χ2n) is 5.08. The van der Waals surface area contributed by atoms with E-state index in [1.54, 1.807) is 0 Å². The molecule has 1 rings (SSSR count). The summed E-state index contributed by atoms with van der Waals surface area (Å²) in [6.45, 7) is 8.16. The van der Waals surface area contributed by atoms with Crippen molar-refractivity contribution in [2.45, 2.75) is 37.5 Å². The lowest BCUT2D eigenvalue weighted by molar-refractivity contribution is 0.300. The summed E-state index contributed by atoms with van der Waals surface area (Å²) in [6, 6.07) is 8.18. The van der Waals surface area contributed by atoms with Crippen molar-refractivity contribution in [2.24, 2.45) is 5.92 Å². The maximum absolute atomic E-state index is 9.20. The van der Waals surface area contributed by atoms with Gasteiger partial charge in [-0.2, -0.15) is 5.26 Å². The van der Waals surface area contributed by atoms with Gasteiger partial charge < -0.3 is 10.4 Å². The van der Waals surface area contributed by atoms with Gasteiger partial charge in [0, 0.05) is 16.7 Å². The monoisotopic (exact) mass is 278 g/mol. The van der Waals surface area contributed by atoms with Gasteiger partial charge >= 0.3 is 0 Å². The van der Waals surface area contributed by atoms with Crippen LogP contribution in [0.2, 0.25) is 0 Å². The number of aliphatic hydroxyl groups excluding tert-OH is 1. The van der Waals surface area contributed by atoms with Crippen LogP contribution in [0.25, 0.3) is 0 Å². The normalized spacial score (nSPS) is 12.4. The molecule has 0 heterocycles. The highest BCUT2D eigenvalue weighted by molar-refractivity contribution is 8.00. The van der Waals surface area contributed by atoms with Crippen LogP contribution in [0, 0.1) is 17.2 Å². The predicted octanol–water partition coefficient (Wildman–Crippen LogP) is 2.78. The SMILES string of the molecule is CC(C)CNCc1ccc(SC(C)CO)c(C#N)c1. The van der Waals surface area contributed by atoms with Crippen LogP contribution in [-0.2, 0) is 6.54 Å². The molecule has 1 aromatic rings. The molecule has 0 spiro atoms. The summed E-state index contributed by atoms with van der Waals surface area (Å²) in [7, 11) is 0. The van der Waals surface area contributed by atoms with E-state index in [0.29, 0.717) is 11.5 Å². The number of nitriles is 1. The van der Waals surface area contributed by atoms with Crippen molar-refractivity contribution in [3.8, 4) is 6.07 Å². The molecule has 0 aliphatic heterocycles. The molecular formula is C15H22N2OS. The Labute approximate surface area is 120 Å². The van der Waals surface area contributed by atoms with E-state index in [2.05, 4.69) is 25.2 Å². The lowest BCUT2D eigenvalue weighted by Crippen LogP contribution is -2.19. The fraction of sp³-hybridized carbons (Fsp3) is 0.533. The van der Waals surface area contributed by atoms with Gasteiger partial charge in [-0.1, -0.05) is 26.8 Å². The molecule has 3 nitrogen and oxygen atoms in total. The number of thioether (sulfide) groups is 1. The molecule has 1 atom stereocenters. The first-order chi connectivity index (χ1) is 9.06. The minimum atomic E-state index is 0.108. The Bertz CT molecular complexity index is 440. The molecule has 0 bridgehead atoms. The Kier molecular flexibility index (Phi) is 6.93. The smallest absolute Gasteiger partial charge is 0.100 e. The second-order valence-corrected chi connectivity index (χ2v) is 6.56. The molecule has 1 unspecified atom stereocenters. The zero-order valence-corrected chi connectivity index (χ0v) is 12.6. The first kappa shape index (κ1) is 16.0. The molecule has 0 fully saturated rings. The molecule has 0 aliphatic carbocycles. The third kappa shape index (κ3) is 5.65. The fourth-order valence-corrected chi connectivity index (χ4v) is 2.52. The van der Waals surface area contributed by atoms with E-state index in [0.717, 1.165) is 23.5 Å². The zero-order valence-electron chi connectivity index (χ0n) is 11.8. The third-order valence-corrected chi connectivity index (χ3v) is 3.79. The molecule has 19 heavy (non-hydrogen) atoms. The summed E-state index contributed by atoms with van der Waals surface area (Å²) >= 11 is 1.54. The lowest BCUT2D eigenvalue weighted by Gasteiger charge is -2.11. The summed E-state index contributed by atoms with van der Waals surface area (Å²) in [5, 5.41) is 21.7. The average Bonchev–Trinajstić information content (AvgIpc) is 2.39. The molecular weight excluding hydrogens is 256 g/mol. The van der Waals surface area contributed by atoms with Crippen LogP contribution >= 0.6 is 11.8 Å². The number of benzene rings is 1.